The molecule has 0 radical (unpaired) electrons. The van der Waals surface area contributed by atoms with Gasteiger partial charge in [-0.3, -0.25) is 0 Å². The Labute approximate surface area is 114 Å². The minimum Gasteiger partial charge on any atom is -0.465 e. The molecule has 5 nitrogen and oxygen atoms in total. The van der Waals surface area contributed by atoms with Crippen molar-refractivity contribution in [3.63, 3.8) is 0 Å². The van der Waals surface area contributed by atoms with E-state index in [1.807, 2.05) is 11.9 Å². The molecule has 0 aliphatic rings. The molecule has 0 amide bonds. The minimum atomic E-state index is -0.439. The summed E-state index contributed by atoms with van der Waals surface area (Å²) >= 11 is 0. The van der Waals surface area contributed by atoms with E-state index < -0.39 is 5.97 Å². The highest BCUT2D eigenvalue weighted by Crippen LogP contribution is 2.21. The van der Waals surface area contributed by atoms with Crippen LogP contribution in [0.3, 0.4) is 0 Å². The Bertz CT molecular complexity index is 446. The van der Waals surface area contributed by atoms with Gasteiger partial charge in [0.1, 0.15) is 5.82 Å². The smallest absolute Gasteiger partial charge is 0.340 e. The van der Waals surface area contributed by atoms with E-state index in [0.717, 1.165) is 12.2 Å². The van der Waals surface area contributed by atoms with Crippen LogP contribution in [-0.2, 0) is 4.74 Å². The van der Waals surface area contributed by atoms with Gasteiger partial charge in [-0.1, -0.05) is 13.8 Å². The lowest BCUT2D eigenvalue weighted by molar-refractivity contribution is 0.0602. The number of nitrogens with zero attached hydrogens (tertiary/aromatic N) is 2. The van der Waals surface area contributed by atoms with Gasteiger partial charge in [-0.25, -0.2) is 9.78 Å². The van der Waals surface area contributed by atoms with Crippen LogP contribution in [0.4, 0.5) is 11.5 Å². The number of rotatable bonds is 5. The van der Waals surface area contributed by atoms with Gasteiger partial charge in [0, 0.05) is 13.1 Å². The number of nitrogens with two attached hydrogens (primary N) is 1. The summed E-state index contributed by atoms with van der Waals surface area (Å²) in [5.41, 5.74) is 6.43. The van der Waals surface area contributed by atoms with Crippen molar-refractivity contribution in [1.29, 1.82) is 0 Å². The van der Waals surface area contributed by atoms with Gasteiger partial charge in [-0.05, 0) is 25.3 Å². The molecule has 0 spiro atoms. The maximum atomic E-state index is 11.6. The lowest BCUT2D eigenvalue weighted by atomic mass is 10.0. The first-order valence-corrected chi connectivity index (χ1v) is 6.43. The Morgan fingerprint density at radius 1 is 1.47 bits per heavy atom. The number of pyridine rings is 1. The summed E-state index contributed by atoms with van der Waals surface area (Å²) in [6, 6.07) is 2.01. The zero-order chi connectivity index (χ0) is 14.6. The van der Waals surface area contributed by atoms with Gasteiger partial charge < -0.3 is 15.4 Å². The van der Waals surface area contributed by atoms with Crippen molar-refractivity contribution in [2.24, 2.45) is 5.92 Å². The van der Waals surface area contributed by atoms with E-state index in [1.165, 1.54) is 13.3 Å². The second kappa shape index (κ2) is 6.41. The maximum Gasteiger partial charge on any atom is 0.340 e. The van der Waals surface area contributed by atoms with Crippen LogP contribution in [0.5, 0.6) is 0 Å². The Morgan fingerprint density at radius 3 is 2.63 bits per heavy atom. The van der Waals surface area contributed by atoms with Crippen LogP contribution >= 0.6 is 0 Å². The Hall–Kier alpha value is -1.78. The van der Waals surface area contributed by atoms with Crippen molar-refractivity contribution in [2.75, 3.05) is 24.8 Å². The lowest BCUT2D eigenvalue weighted by Gasteiger charge is -2.27. The van der Waals surface area contributed by atoms with Crippen molar-refractivity contribution >= 4 is 17.5 Å². The summed E-state index contributed by atoms with van der Waals surface area (Å²) in [4.78, 5) is 17.9. The number of methoxy groups -OCH3 is 1. The summed E-state index contributed by atoms with van der Waals surface area (Å²) in [6.07, 6.45) is 2.55. The average molecular weight is 265 g/mol. The summed E-state index contributed by atoms with van der Waals surface area (Å²) in [5.74, 6) is 0.889. The standard InChI is InChI=1S/C14H23N3O2/c1-9(2)6-10(3)17(4)13-7-11(14(18)19-5)12(15)8-16-13/h7-10H,6,15H2,1-5H3. The first-order chi connectivity index (χ1) is 8.86. The van der Waals surface area contributed by atoms with Crippen molar-refractivity contribution < 1.29 is 9.53 Å². The number of hydrogen-bond donors (Lipinski definition) is 1. The van der Waals surface area contributed by atoms with Crippen LogP contribution in [0.1, 0.15) is 37.6 Å². The molecule has 1 atom stereocenters. The third kappa shape index (κ3) is 3.84. The third-order valence-corrected chi connectivity index (χ3v) is 3.16. The number of aromatic nitrogens is 1. The summed E-state index contributed by atoms with van der Waals surface area (Å²) < 4.78 is 4.71. The van der Waals surface area contributed by atoms with Gasteiger partial charge in [-0.2, -0.15) is 0 Å². The predicted octanol–water partition coefficient (Wildman–Crippen LogP) is 2.32. The Kier molecular flexibility index (Phi) is 5.15. The third-order valence-electron chi connectivity index (χ3n) is 3.16. The molecule has 0 bridgehead atoms. The molecule has 1 unspecified atom stereocenters. The predicted molar refractivity (Wildman–Crippen MR) is 77.3 cm³/mol. The quantitative estimate of drug-likeness (QED) is 0.827. The van der Waals surface area contributed by atoms with E-state index in [4.69, 9.17) is 10.5 Å². The number of anilines is 2. The highest BCUT2D eigenvalue weighted by molar-refractivity contribution is 5.95. The molecule has 106 valence electrons. The van der Waals surface area contributed by atoms with E-state index in [-0.39, 0.29) is 0 Å². The van der Waals surface area contributed by atoms with E-state index in [0.29, 0.717) is 23.2 Å². The number of carbonyl (C=O) groups is 1. The van der Waals surface area contributed by atoms with Gasteiger partial charge in [0.2, 0.25) is 0 Å². The molecule has 1 aromatic heterocycles. The highest BCUT2D eigenvalue weighted by atomic mass is 16.5. The van der Waals surface area contributed by atoms with E-state index in [1.54, 1.807) is 6.07 Å². The van der Waals surface area contributed by atoms with E-state index in [2.05, 4.69) is 25.8 Å². The molecule has 0 fully saturated rings. The fourth-order valence-corrected chi connectivity index (χ4v) is 2.00. The van der Waals surface area contributed by atoms with E-state index >= 15 is 0 Å². The first-order valence-electron chi connectivity index (χ1n) is 6.43. The zero-order valence-corrected chi connectivity index (χ0v) is 12.3. The first kappa shape index (κ1) is 15.3. The van der Waals surface area contributed by atoms with Crippen LogP contribution in [0.15, 0.2) is 12.3 Å². The molecule has 0 aliphatic carbocycles. The monoisotopic (exact) mass is 265 g/mol. The van der Waals surface area contributed by atoms with Gasteiger partial charge in [0.15, 0.2) is 0 Å². The minimum absolute atomic E-state index is 0.334. The molecule has 0 aliphatic heterocycles. The number of carbonyl (C=O) groups excluding carboxylic acids is 1. The zero-order valence-electron chi connectivity index (χ0n) is 12.3. The second-order valence-electron chi connectivity index (χ2n) is 5.21. The number of nitrogen functional groups attached to an aromatic ring is 1. The molecule has 1 aromatic rings. The van der Waals surface area contributed by atoms with Crippen molar-refractivity contribution in [2.45, 2.75) is 33.2 Å². The van der Waals surface area contributed by atoms with Crippen LogP contribution in [-0.4, -0.2) is 31.2 Å². The normalized spacial score (nSPS) is 12.3. The maximum absolute atomic E-state index is 11.6. The summed E-state index contributed by atoms with van der Waals surface area (Å²) in [7, 11) is 3.31. The SMILES string of the molecule is COC(=O)c1cc(N(C)C(C)CC(C)C)ncc1N. The Balaban J connectivity index is 2.98. The molecule has 1 heterocycles. The van der Waals surface area contributed by atoms with Gasteiger partial charge >= 0.3 is 5.97 Å². The fourth-order valence-electron chi connectivity index (χ4n) is 2.00. The van der Waals surface area contributed by atoms with Crippen molar-refractivity contribution in [3.8, 4) is 0 Å². The Morgan fingerprint density at radius 2 is 2.11 bits per heavy atom. The molecule has 2 N–H and O–H groups in total. The molecular weight excluding hydrogens is 242 g/mol. The molecule has 0 saturated heterocycles. The molecular formula is C14H23N3O2. The molecule has 0 saturated carbocycles. The van der Waals surface area contributed by atoms with E-state index in [9.17, 15) is 4.79 Å². The number of ether oxygens (including phenoxy) is 1. The molecule has 1 rings (SSSR count). The number of hydrogen-bond acceptors (Lipinski definition) is 5. The molecule has 0 aromatic carbocycles. The largest absolute Gasteiger partial charge is 0.465 e. The topological polar surface area (TPSA) is 68.5 Å². The highest BCUT2D eigenvalue weighted by Gasteiger charge is 2.17. The second-order valence-corrected chi connectivity index (χ2v) is 5.21. The van der Waals surface area contributed by atoms with Crippen molar-refractivity contribution in [3.05, 3.63) is 17.8 Å². The van der Waals surface area contributed by atoms with Crippen LogP contribution in [0, 0.1) is 5.92 Å². The number of esters is 1. The fraction of sp³-hybridized carbons (Fsp3) is 0.571. The van der Waals surface area contributed by atoms with Gasteiger partial charge in [0.25, 0.3) is 0 Å². The van der Waals surface area contributed by atoms with Crippen LogP contribution in [0.25, 0.3) is 0 Å². The van der Waals surface area contributed by atoms with Gasteiger partial charge in [-0.15, -0.1) is 0 Å². The van der Waals surface area contributed by atoms with Crippen LogP contribution in [0.2, 0.25) is 0 Å². The van der Waals surface area contributed by atoms with Crippen LogP contribution < -0.4 is 10.6 Å². The summed E-state index contributed by atoms with van der Waals surface area (Å²) in [6.45, 7) is 6.50. The van der Waals surface area contributed by atoms with Crippen molar-refractivity contribution in [1.82, 2.24) is 4.98 Å². The summed E-state index contributed by atoms with van der Waals surface area (Å²) in [5, 5.41) is 0. The lowest BCUT2D eigenvalue weighted by Crippen LogP contribution is -2.31. The average Bonchev–Trinajstić information content (AvgIpc) is 2.36. The van der Waals surface area contributed by atoms with Gasteiger partial charge in [0.05, 0.1) is 24.6 Å². The molecule has 19 heavy (non-hydrogen) atoms. The molecule has 5 heteroatoms.